The number of carbonyl (C=O) groups excluding carboxylic acids is 1. The van der Waals surface area contributed by atoms with Crippen molar-refractivity contribution in [1.29, 1.82) is 0 Å². The minimum absolute atomic E-state index is 0.00409. The predicted molar refractivity (Wildman–Crippen MR) is 114 cm³/mol. The summed E-state index contributed by atoms with van der Waals surface area (Å²) in [5.41, 5.74) is 3.27. The molecule has 0 aliphatic carbocycles. The summed E-state index contributed by atoms with van der Waals surface area (Å²) in [5.74, 6) is 0.00542. The molecule has 1 atom stereocenters. The molecule has 0 aromatic heterocycles. The number of anilines is 1. The zero-order valence-electron chi connectivity index (χ0n) is 15.3. The third-order valence-corrected chi connectivity index (χ3v) is 4.96. The molecule has 0 fully saturated rings. The van der Waals surface area contributed by atoms with Gasteiger partial charge in [-0.3, -0.25) is 14.9 Å². The fraction of sp³-hybridized carbons (Fsp3) is 0.136. The number of halogens is 1. The van der Waals surface area contributed by atoms with Gasteiger partial charge in [0.2, 0.25) is 0 Å². The Morgan fingerprint density at radius 1 is 1.07 bits per heavy atom. The van der Waals surface area contributed by atoms with Crippen molar-refractivity contribution in [2.24, 2.45) is 0 Å². The highest BCUT2D eigenvalue weighted by Gasteiger charge is 2.18. The van der Waals surface area contributed by atoms with E-state index < -0.39 is 4.92 Å². The quantitative estimate of drug-likeness (QED) is 0.275. The molecule has 3 rings (SSSR count). The van der Waals surface area contributed by atoms with Crippen LogP contribution in [0, 0.1) is 17.0 Å². The van der Waals surface area contributed by atoms with E-state index in [9.17, 15) is 14.9 Å². The SMILES string of the molecule is Cc1ccc(C(=O)CC(Nc2cccc([N+](=O)[O-])c2)c2ccc(Br)cc2)cc1. The third kappa shape index (κ3) is 5.04. The molecule has 0 aliphatic heterocycles. The normalized spacial score (nSPS) is 11.6. The molecule has 0 bridgehead atoms. The second-order valence-electron chi connectivity index (χ2n) is 6.55. The first-order valence-electron chi connectivity index (χ1n) is 8.79. The first-order chi connectivity index (χ1) is 13.4. The number of ketones is 1. The fourth-order valence-corrected chi connectivity index (χ4v) is 3.16. The van der Waals surface area contributed by atoms with Crippen LogP contribution >= 0.6 is 15.9 Å². The average Bonchev–Trinajstić information content (AvgIpc) is 2.68. The van der Waals surface area contributed by atoms with Gasteiger partial charge in [0.1, 0.15) is 0 Å². The van der Waals surface area contributed by atoms with Gasteiger partial charge in [0, 0.05) is 34.3 Å². The second kappa shape index (κ2) is 8.80. The van der Waals surface area contributed by atoms with Crippen molar-refractivity contribution in [3.63, 3.8) is 0 Å². The maximum absolute atomic E-state index is 12.8. The molecule has 0 amide bonds. The molecule has 3 aromatic carbocycles. The second-order valence-corrected chi connectivity index (χ2v) is 7.46. The Hall–Kier alpha value is -2.99. The summed E-state index contributed by atoms with van der Waals surface area (Å²) < 4.78 is 0.940. The van der Waals surface area contributed by atoms with E-state index in [1.54, 1.807) is 12.1 Å². The summed E-state index contributed by atoms with van der Waals surface area (Å²) in [4.78, 5) is 23.4. The summed E-state index contributed by atoms with van der Waals surface area (Å²) in [5, 5.41) is 14.3. The van der Waals surface area contributed by atoms with Gasteiger partial charge in [-0.2, -0.15) is 0 Å². The minimum Gasteiger partial charge on any atom is -0.378 e. The van der Waals surface area contributed by atoms with Crippen molar-refractivity contribution < 1.29 is 9.72 Å². The number of rotatable bonds is 7. The lowest BCUT2D eigenvalue weighted by atomic mass is 9.97. The van der Waals surface area contributed by atoms with Crippen LogP contribution in [0.15, 0.2) is 77.3 Å². The predicted octanol–water partition coefficient (Wildman–Crippen LogP) is 6.09. The Balaban J connectivity index is 1.87. The number of nitrogens with one attached hydrogen (secondary N) is 1. The maximum atomic E-state index is 12.8. The third-order valence-electron chi connectivity index (χ3n) is 4.43. The highest BCUT2D eigenvalue weighted by Crippen LogP contribution is 2.27. The van der Waals surface area contributed by atoms with Gasteiger partial charge >= 0.3 is 0 Å². The van der Waals surface area contributed by atoms with E-state index in [2.05, 4.69) is 21.2 Å². The van der Waals surface area contributed by atoms with E-state index >= 15 is 0 Å². The highest BCUT2D eigenvalue weighted by atomic mass is 79.9. The van der Waals surface area contributed by atoms with Crippen molar-refractivity contribution in [3.8, 4) is 0 Å². The molecular weight excluding hydrogens is 420 g/mol. The molecule has 5 nitrogen and oxygen atoms in total. The van der Waals surface area contributed by atoms with Crippen LogP contribution in [0.25, 0.3) is 0 Å². The van der Waals surface area contributed by atoms with E-state index in [1.807, 2.05) is 55.5 Å². The molecule has 6 heteroatoms. The summed E-state index contributed by atoms with van der Waals surface area (Å²) >= 11 is 3.42. The van der Waals surface area contributed by atoms with E-state index in [0.29, 0.717) is 11.3 Å². The molecule has 1 N–H and O–H groups in total. The van der Waals surface area contributed by atoms with Crippen molar-refractivity contribution in [3.05, 3.63) is 104 Å². The lowest BCUT2D eigenvalue weighted by molar-refractivity contribution is -0.384. The average molecular weight is 439 g/mol. The van der Waals surface area contributed by atoms with Crippen LogP contribution in [0.2, 0.25) is 0 Å². The number of non-ortho nitro benzene ring substituents is 1. The van der Waals surface area contributed by atoms with Gasteiger partial charge in [0.25, 0.3) is 5.69 Å². The summed E-state index contributed by atoms with van der Waals surface area (Å²) in [7, 11) is 0. The number of aryl methyl sites for hydroxylation is 1. The number of Topliss-reactive ketones (excluding diaryl/α,β-unsaturated/α-hetero) is 1. The van der Waals surface area contributed by atoms with Gasteiger partial charge in [-0.1, -0.05) is 64.0 Å². The number of nitro benzene ring substituents is 1. The van der Waals surface area contributed by atoms with Gasteiger partial charge in [0.15, 0.2) is 5.78 Å². The highest BCUT2D eigenvalue weighted by molar-refractivity contribution is 9.10. The number of benzene rings is 3. The van der Waals surface area contributed by atoms with Crippen molar-refractivity contribution >= 4 is 33.1 Å². The van der Waals surface area contributed by atoms with E-state index in [4.69, 9.17) is 0 Å². The van der Waals surface area contributed by atoms with Gasteiger partial charge in [-0.25, -0.2) is 0 Å². The minimum atomic E-state index is -0.433. The number of hydrogen-bond acceptors (Lipinski definition) is 4. The monoisotopic (exact) mass is 438 g/mol. The van der Waals surface area contributed by atoms with Gasteiger partial charge in [0.05, 0.1) is 11.0 Å². The van der Waals surface area contributed by atoms with Crippen molar-refractivity contribution in [2.75, 3.05) is 5.32 Å². The van der Waals surface area contributed by atoms with Crippen LogP contribution in [0.1, 0.15) is 33.9 Å². The first kappa shape index (κ1) is 19.8. The zero-order valence-corrected chi connectivity index (χ0v) is 16.8. The lowest BCUT2D eigenvalue weighted by Crippen LogP contribution is -2.16. The summed E-state index contributed by atoms with van der Waals surface area (Å²) in [6.07, 6.45) is 0.230. The van der Waals surface area contributed by atoms with Crippen molar-refractivity contribution in [1.82, 2.24) is 0 Å². The molecule has 1 unspecified atom stereocenters. The van der Waals surface area contributed by atoms with Crippen LogP contribution in [0.4, 0.5) is 11.4 Å². The smallest absolute Gasteiger partial charge is 0.271 e. The van der Waals surface area contributed by atoms with E-state index in [-0.39, 0.29) is 23.9 Å². The van der Waals surface area contributed by atoms with E-state index in [0.717, 1.165) is 15.6 Å². The molecule has 3 aromatic rings. The summed E-state index contributed by atoms with van der Waals surface area (Å²) in [6.45, 7) is 1.97. The van der Waals surface area contributed by atoms with Crippen molar-refractivity contribution in [2.45, 2.75) is 19.4 Å². The molecule has 28 heavy (non-hydrogen) atoms. The Labute approximate surface area is 171 Å². The maximum Gasteiger partial charge on any atom is 0.271 e. The zero-order chi connectivity index (χ0) is 20.1. The van der Waals surface area contributed by atoms with Crippen LogP contribution in [0.3, 0.4) is 0 Å². The largest absolute Gasteiger partial charge is 0.378 e. The Morgan fingerprint density at radius 2 is 1.75 bits per heavy atom. The molecule has 0 spiro atoms. The van der Waals surface area contributed by atoms with Crippen LogP contribution in [0.5, 0.6) is 0 Å². The summed E-state index contributed by atoms with van der Waals surface area (Å²) in [6, 6.07) is 21.1. The molecule has 0 heterocycles. The Kier molecular flexibility index (Phi) is 6.21. The Morgan fingerprint density at radius 3 is 2.39 bits per heavy atom. The number of nitrogens with zero attached hydrogens (tertiary/aromatic N) is 1. The molecule has 0 saturated carbocycles. The van der Waals surface area contributed by atoms with Gasteiger partial charge < -0.3 is 5.32 Å². The fourth-order valence-electron chi connectivity index (χ4n) is 2.90. The standard InChI is InChI=1S/C22H19BrN2O3/c1-15-5-7-17(8-6-15)22(26)14-21(16-9-11-18(23)12-10-16)24-19-3-2-4-20(13-19)25(27)28/h2-13,21,24H,14H2,1H3. The molecule has 0 saturated heterocycles. The molecule has 0 radical (unpaired) electrons. The number of hydrogen-bond donors (Lipinski definition) is 1. The van der Waals surface area contributed by atoms with Crippen LogP contribution in [-0.4, -0.2) is 10.7 Å². The van der Waals surface area contributed by atoms with Gasteiger partial charge in [-0.05, 0) is 30.7 Å². The number of carbonyl (C=O) groups is 1. The van der Waals surface area contributed by atoms with Gasteiger partial charge in [-0.15, -0.1) is 0 Å². The van der Waals surface area contributed by atoms with Crippen LogP contribution < -0.4 is 5.32 Å². The Bertz CT molecular complexity index is 985. The van der Waals surface area contributed by atoms with E-state index in [1.165, 1.54) is 12.1 Å². The number of nitro groups is 1. The lowest BCUT2D eigenvalue weighted by Gasteiger charge is -2.20. The molecule has 142 valence electrons. The molecule has 0 aliphatic rings. The molecular formula is C22H19BrN2O3. The van der Waals surface area contributed by atoms with Crippen LogP contribution in [-0.2, 0) is 0 Å². The topological polar surface area (TPSA) is 72.2 Å². The first-order valence-corrected chi connectivity index (χ1v) is 9.58.